The molecule has 1 atom stereocenters. The first-order chi connectivity index (χ1) is 28.3. The Labute approximate surface area is 339 Å². The third-order valence-electron chi connectivity index (χ3n) is 9.23. The summed E-state index contributed by atoms with van der Waals surface area (Å²) in [6, 6.07) is 29.0. The van der Waals surface area contributed by atoms with Crippen LogP contribution in [-0.4, -0.2) is 52.1 Å². The maximum Gasteiger partial charge on any atom is 0.422 e. The van der Waals surface area contributed by atoms with Crippen LogP contribution in [0.4, 0.5) is 53.5 Å². The number of para-hydroxylation sites is 2. The monoisotopic (exact) mass is 825 g/mol. The Morgan fingerprint density at radius 3 is 2.00 bits per heavy atom. The minimum atomic E-state index is -4.64. The fourth-order valence-electron chi connectivity index (χ4n) is 6.06. The lowest BCUT2D eigenvalue weighted by molar-refractivity contribution is -0.154. The van der Waals surface area contributed by atoms with Gasteiger partial charge >= 0.3 is 12.2 Å². The summed E-state index contributed by atoms with van der Waals surface area (Å²) < 4.78 is 44.0. The van der Waals surface area contributed by atoms with Crippen LogP contribution in [0.2, 0.25) is 5.02 Å². The number of hydrogen-bond donors (Lipinski definition) is 6. The van der Waals surface area contributed by atoms with Gasteiger partial charge in [0.25, 0.3) is 16.8 Å². The van der Waals surface area contributed by atoms with Crippen LogP contribution in [-0.2, 0) is 10.3 Å². The number of anilines is 7. The van der Waals surface area contributed by atoms with Crippen molar-refractivity contribution in [3.8, 4) is 6.01 Å². The first-order valence-corrected chi connectivity index (χ1v) is 18.6. The zero-order chi connectivity index (χ0) is 41.6. The number of nitrogens with zero attached hydrogens (tertiary/aromatic N) is 3. The molecule has 6 N–H and O–H groups in total. The number of benzene rings is 4. The van der Waals surface area contributed by atoms with E-state index in [1.54, 1.807) is 66.7 Å². The standard InChI is InChI=1S/C41H35ClF3N9O5/c42-26-15-13-25(14-16-26)40(20-21-40)54-38-51-37(52-39(53-38)59-23-41(43,44)45)49-29-17-11-24(12-18-29)35(57)50-30(36(58)48-28-9-5-2-6-10-28)19-22-46-31-32(34(56)33(31)55)47-27-7-3-1-4-8-27/h1-18,30,46-47H,19-23H2,(H,48,58)(H,50,57)(H2,49,51,52,53,54)/t30-/m0/s1. The highest BCUT2D eigenvalue weighted by atomic mass is 35.5. The Bertz CT molecular complexity index is 2500. The maximum atomic E-state index is 13.5. The number of aromatic nitrogens is 3. The molecule has 1 aromatic heterocycles. The SMILES string of the molecule is O=C(N[C@@H](CCNc1c(Nc2ccccc2)c(=O)c1=O)C(=O)Nc1ccccc1)c1ccc(Nc2nc(NC3(c4ccc(Cl)cc4)CC3)nc(OCC(F)(F)F)n2)cc1. The third kappa shape index (κ3) is 10.3. The van der Waals surface area contributed by atoms with E-state index in [4.69, 9.17) is 16.3 Å². The number of amides is 2. The normalized spacial score (nSPS) is 13.5. The average Bonchev–Trinajstić information content (AvgIpc) is 4.01. The molecule has 0 aliphatic heterocycles. The Morgan fingerprint density at radius 1 is 0.746 bits per heavy atom. The summed E-state index contributed by atoms with van der Waals surface area (Å²) in [6.07, 6.45) is -3.19. The molecule has 14 nitrogen and oxygen atoms in total. The van der Waals surface area contributed by atoms with Gasteiger partial charge in [0.15, 0.2) is 6.61 Å². The van der Waals surface area contributed by atoms with E-state index in [9.17, 15) is 32.3 Å². The Hall–Kier alpha value is -7.01. The number of halogens is 4. The minimum Gasteiger partial charge on any atom is -0.454 e. The van der Waals surface area contributed by atoms with E-state index in [-0.39, 0.29) is 41.8 Å². The zero-order valence-electron chi connectivity index (χ0n) is 30.9. The van der Waals surface area contributed by atoms with E-state index in [1.165, 1.54) is 24.3 Å². The van der Waals surface area contributed by atoms with Crippen molar-refractivity contribution in [1.82, 2.24) is 20.3 Å². The first-order valence-electron chi connectivity index (χ1n) is 18.3. The number of nitrogens with one attached hydrogen (secondary N) is 6. The number of carbonyl (C=O) groups excluding carboxylic acids is 2. The molecule has 0 spiro atoms. The number of ether oxygens (including phenoxy) is 1. The van der Waals surface area contributed by atoms with Gasteiger partial charge in [-0.25, -0.2) is 0 Å². The van der Waals surface area contributed by atoms with Gasteiger partial charge < -0.3 is 36.6 Å². The summed E-state index contributed by atoms with van der Waals surface area (Å²) in [5.74, 6) is -1.27. The molecule has 302 valence electrons. The van der Waals surface area contributed by atoms with Gasteiger partial charge in [-0.05, 0) is 85.5 Å². The summed E-state index contributed by atoms with van der Waals surface area (Å²) in [4.78, 5) is 64.1. The van der Waals surface area contributed by atoms with Gasteiger partial charge in [0, 0.05) is 34.2 Å². The average molecular weight is 826 g/mol. The molecule has 0 radical (unpaired) electrons. The van der Waals surface area contributed by atoms with Crippen LogP contribution in [0.15, 0.2) is 119 Å². The fourth-order valence-corrected chi connectivity index (χ4v) is 6.18. The van der Waals surface area contributed by atoms with E-state index in [1.807, 2.05) is 18.2 Å². The van der Waals surface area contributed by atoms with Crippen molar-refractivity contribution < 1.29 is 27.5 Å². The third-order valence-corrected chi connectivity index (χ3v) is 9.48. The van der Waals surface area contributed by atoms with Crippen LogP contribution in [0.5, 0.6) is 6.01 Å². The molecule has 2 amide bonds. The van der Waals surface area contributed by atoms with Crippen LogP contribution < -0.4 is 47.5 Å². The molecular formula is C41H35ClF3N9O5. The molecule has 18 heteroatoms. The minimum absolute atomic E-state index is 0.0225. The number of carbonyl (C=O) groups is 2. The summed E-state index contributed by atoms with van der Waals surface area (Å²) in [7, 11) is 0. The molecule has 7 rings (SSSR count). The summed E-state index contributed by atoms with van der Waals surface area (Å²) in [6.45, 7) is -1.58. The van der Waals surface area contributed by atoms with Gasteiger partial charge in [-0.15, -0.1) is 0 Å². The fraction of sp³-hybridized carbons (Fsp3) is 0.195. The van der Waals surface area contributed by atoms with Crippen molar-refractivity contribution >= 4 is 63.7 Å². The van der Waals surface area contributed by atoms with Crippen molar-refractivity contribution in [3.63, 3.8) is 0 Å². The Kier molecular flexibility index (Phi) is 11.7. The van der Waals surface area contributed by atoms with Crippen LogP contribution >= 0.6 is 11.6 Å². The molecule has 1 saturated carbocycles. The largest absolute Gasteiger partial charge is 0.454 e. The lowest BCUT2D eigenvalue weighted by atomic mass is 10.1. The van der Waals surface area contributed by atoms with Gasteiger partial charge in [0.05, 0.1) is 5.54 Å². The number of hydrogen-bond acceptors (Lipinski definition) is 12. The maximum absolute atomic E-state index is 13.5. The molecule has 1 aliphatic carbocycles. The van der Waals surface area contributed by atoms with E-state index >= 15 is 0 Å². The molecule has 6 aromatic rings. The van der Waals surface area contributed by atoms with Crippen LogP contribution in [0.3, 0.4) is 0 Å². The van der Waals surface area contributed by atoms with E-state index in [0.717, 1.165) is 5.56 Å². The molecule has 1 aliphatic rings. The predicted molar refractivity (Wildman–Crippen MR) is 218 cm³/mol. The quantitative estimate of drug-likeness (QED) is 0.0524. The summed E-state index contributed by atoms with van der Waals surface area (Å²) in [5, 5.41) is 18.1. The van der Waals surface area contributed by atoms with Gasteiger partial charge in [-0.3, -0.25) is 19.2 Å². The lowest BCUT2D eigenvalue weighted by Crippen LogP contribution is -2.45. The van der Waals surface area contributed by atoms with Crippen molar-refractivity contribution in [3.05, 3.63) is 146 Å². The van der Waals surface area contributed by atoms with Crippen LogP contribution in [0, 0.1) is 0 Å². The highest BCUT2D eigenvalue weighted by molar-refractivity contribution is 6.30. The number of rotatable bonds is 17. The Balaban J connectivity index is 1.03. The Morgan fingerprint density at radius 2 is 1.36 bits per heavy atom. The molecule has 1 fully saturated rings. The summed E-state index contributed by atoms with van der Waals surface area (Å²) >= 11 is 6.05. The van der Waals surface area contributed by atoms with Crippen LogP contribution in [0.1, 0.15) is 35.2 Å². The topological polar surface area (TPSA) is 188 Å². The van der Waals surface area contributed by atoms with Crippen LogP contribution in [0.25, 0.3) is 0 Å². The zero-order valence-corrected chi connectivity index (χ0v) is 31.7. The van der Waals surface area contributed by atoms with Crippen molar-refractivity contribution in [2.45, 2.75) is 37.0 Å². The second kappa shape index (κ2) is 17.2. The van der Waals surface area contributed by atoms with Crippen molar-refractivity contribution in [1.29, 1.82) is 0 Å². The molecule has 0 bridgehead atoms. The highest BCUT2D eigenvalue weighted by Crippen LogP contribution is 2.48. The summed E-state index contributed by atoms with van der Waals surface area (Å²) in [5.41, 5.74) is 0.786. The first kappa shape index (κ1) is 40.2. The molecule has 0 saturated heterocycles. The number of alkyl halides is 3. The molecule has 5 aromatic carbocycles. The molecular weight excluding hydrogens is 791 g/mol. The molecule has 1 heterocycles. The van der Waals surface area contributed by atoms with Gasteiger partial charge in [-0.2, -0.15) is 28.1 Å². The van der Waals surface area contributed by atoms with E-state index < -0.39 is 53.0 Å². The highest BCUT2D eigenvalue weighted by Gasteiger charge is 2.45. The van der Waals surface area contributed by atoms with E-state index in [0.29, 0.717) is 34.9 Å². The predicted octanol–water partition coefficient (Wildman–Crippen LogP) is 6.89. The van der Waals surface area contributed by atoms with Gasteiger partial charge in [0.2, 0.25) is 17.8 Å². The smallest absolute Gasteiger partial charge is 0.422 e. The van der Waals surface area contributed by atoms with Gasteiger partial charge in [-0.1, -0.05) is 60.1 Å². The second-order valence-corrected chi connectivity index (χ2v) is 14.0. The van der Waals surface area contributed by atoms with E-state index in [2.05, 4.69) is 46.9 Å². The van der Waals surface area contributed by atoms with Crippen molar-refractivity contribution in [2.24, 2.45) is 0 Å². The second-order valence-electron chi connectivity index (χ2n) is 13.6. The van der Waals surface area contributed by atoms with Gasteiger partial charge in [0.1, 0.15) is 17.4 Å². The van der Waals surface area contributed by atoms with Crippen molar-refractivity contribution in [2.75, 3.05) is 39.7 Å². The molecule has 0 unspecified atom stereocenters. The lowest BCUT2D eigenvalue weighted by Gasteiger charge is -2.20. The molecule has 59 heavy (non-hydrogen) atoms.